The summed E-state index contributed by atoms with van der Waals surface area (Å²) in [6.07, 6.45) is 5.09. The van der Waals surface area contributed by atoms with Crippen LogP contribution in [0.25, 0.3) is 0 Å². The highest BCUT2D eigenvalue weighted by Crippen LogP contribution is 2.46. The van der Waals surface area contributed by atoms with Gasteiger partial charge in [-0.1, -0.05) is 31.5 Å². The summed E-state index contributed by atoms with van der Waals surface area (Å²) in [4.78, 5) is -0.606. The molecule has 0 bridgehead atoms. The van der Waals surface area contributed by atoms with Gasteiger partial charge in [0.1, 0.15) is 12.2 Å². The van der Waals surface area contributed by atoms with Crippen molar-refractivity contribution in [1.82, 2.24) is 0 Å². The van der Waals surface area contributed by atoms with Crippen LogP contribution >= 0.6 is 23.2 Å². The molecule has 1 saturated heterocycles. The summed E-state index contributed by atoms with van der Waals surface area (Å²) in [6, 6.07) is 0. The summed E-state index contributed by atoms with van der Waals surface area (Å²) in [7, 11) is 0. The third-order valence-corrected chi connectivity index (χ3v) is 4.86. The van der Waals surface area contributed by atoms with Gasteiger partial charge < -0.3 is 14.6 Å². The summed E-state index contributed by atoms with van der Waals surface area (Å²) in [6.45, 7) is 5.83. The van der Waals surface area contributed by atoms with Gasteiger partial charge in [-0.2, -0.15) is 0 Å². The largest absolute Gasteiger partial charge is 0.394 e. The molecular formula is C15H22Cl2O3. The molecule has 0 aromatic heterocycles. The minimum atomic E-state index is -0.656. The van der Waals surface area contributed by atoms with E-state index in [1.165, 1.54) is 0 Å². The number of alkyl halides is 1. The lowest BCUT2D eigenvalue weighted by atomic mass is 9.86. The second-order valence-corrected chi connectivity index (χ2v) is 6.80. The molecule has 1 fully saturated rings. The van der Waals surface area contributed by atoms with Crippen molar-refractivity contribution >= 4 is 23.2 Å². The Morgan fingerprint density at radius 3 is 2.50 bits per heavy atom. The molecule has 3 nitrogen and oxygen atoms in total. The van der Waals surface area contributed by atoms with E-state index >= 15 is 0 Å². The first kappa shape index (κ1) is 16.3. The van der Waals surface area contributed by atoms with E-state index < -0.39 is 22.9 Å². The predicted octanol–water partition coefficient (Wildman–Crippen LogP) is 3.73. The van der Waals surface area contributed by atoms with E-state index in [1.807, 2.05) is 32.9 Å². The Labute approximate surface area is 130 Å². The third kappa shape index (κ3) is 2.79. The molecule has 1 aliphatic heterocycles. The maximum absolute atomic E-state index is 9.62. The van der Waals surface area contributed by atoms with Gasteiger partial charge in [-0.15, -0.1) is 11.6 Å². The lowest BCUT2D eigenvalue weighted by Gasteiger charge is -2.33. The van der Waals surface area contributed by atoms with E-state index in [9.17, 15) is 5.11 Å². The Hall–Kier alpha value is -0.0600. The minimum Gasteiger partial charge on any atom is -0.394 e. The Balaban J connectivity index is 2.38. The van der Waals surface area contributed by atoms with Crippen molar-refractivity contribution in [3.8, 4) is 0 Å². The molecule has 1 N–H and O–H groups in total. The fraction of sp³-hybridized carbons (Fsp3) is 0.733. The highest BCUT2D eigenvalue weighted by Gasteiger charge is 2.50. The number of aliphatic hydroxyl groups is 1. The number of hydrogen-bond donors (Lipinski definition) is 1. The van der Waals surface area contributed by atoms with Crippen LogP contribution in [0.3, 0.4) is 0 Å². The van der Waals surface area contributed by atoms with Crippen molar-refractivity contribution in [2.45, 2.75) is 62.9 Å². The maximum Gasteiger partial charge on any atom is 0.169 e. The molecular weight excluding hydrogens is 299 g/mol. The normalized spacial score (nSPS) is 36.7. The van der Waals surface area contributed by atoms with Crippen molar-refractivity contribution < 1.29 is 14.6 Å². The molecule has 1 aliphatic carbocycles. The standard InChI is InChI=1S/C15H22Cl2O3/c1-4-15(5-2)19-11(9-18)13(20-15)12-10(16)7-6-8-14(12,3)17/h6-7,11,13,18H,4-5,8-9H2,1-3H3/t11-,13+,14?/m0/s1. The van der Waals surface area contributed by atoms with Crippen molar-refractivity contribution in [1.29, 1.82) is 0 Å². The Morgan fingerprint density at radius 2 is 2.00 bits per heavy atom. The van der Waals surface area contributed by atoms with Gasteiger partial charge in [0.15, 0.2) is 5.79 Å². The van der Waals surface area contributed by atoms with Crippen LogP contribution < -0.4 is 0 Å². The molecule has 0 aromatic carbocycles. The molecule has 2 rings (SSSR count). The van der Waals surface area contributed by atoms with Crippen molar-refractivity contribution in [3.63, 3.8) is 0 Å². The van der Waals surface area contributed by atoms with Crippen molar-refractivity contribution in [3.05, 3.63) is 22.8 Å². The fourth-order valence-corrected chi connectivity index (χ4v) is 3.65. The van der Waals surface area contributed by atoms with Gasteiger partial charge in [-0.05, 0) is 32.3 Å². The highest BCUT2D eigenvalue weighted by molar-refractivity contribution is 6.34. The number of hydrogen-bond acceptors (Lipinski definition) is 3. The summed E-state index contributed by atoms with van der Waals surface area (Å²) >= 11 is 12.9. The predicted molar refractivity (Wildman–Crippen MR) is 81.0 cm³/mol. The number of ether oxygens (including phenoxy) is 2. The summed E-state index contributed by atoms with van der Waals surface area (Å²) in [5.74, 6) is -0.656. The maximum atomic E-state index is 9.62. The zero-order valence-corrected chi connectivity index (χ0v) is 13.7. The van der Waals surface area contributed by atoms with Crippen LogP contribution in [0.1, 0.15) is 40.0 Å². The summed E-state index contributed by atoms with van der Waals surface area (Å²) < 4.78 is 12.1. The molecule has 0 amide bonds. The van der Waals surface area contributed by atoms with Crippen LogP contribution in [0.4, 0.5) is 0 Å². The topological polar surface area (TPSA) is 38.7 Å². The lowest BCUT2D eigenvalue weighted by Crippen LogP contribution is -2.38. The Kier molecular flexibility index (Phi) is 4.87. The Bertz CT molecular complexity index is 425. The van der Waals surface area contributed by atoms with E-state index in [-0.39, 0.29) is 6.61 Å². The molecule has 1 heterocycles. The molecule has 2 aliphatic rings. The SMILES string of the molecule is CCC1(CC)O[C@@H](CO)[C@H](C2=C(Cl)C=CCC2(C)Cl)O1. The van der Waals surface area contributed by atoms with Gasteiger partial charge in [0.25, 0.3) is 0 Å². The molecule has 0 saturated carbocycles. The molecule has 1 unspecified atom stereocenters. The zero-order valence-electron chi connectivity index (χ0n) is 12.2. The molecule has 20 heavy (non-hydrogen) atoms. The molecule has 114 valence electrons. The van der Waals surface area contributed by atoms with Crippen LogP contribution in [-0.4, -0.2) is 34.6 Å². The lowest BCUT2D eigenvalue weighted by molar-refractivity contribution is -0.179. The van der Waals surface area contributed by atoms with E-state index in [4.69, 9.17) is 32.7 Å². The number of rotatable bonds is 4. The summed E-state index contributed by atoms with van der Waals surface area (Å²) in [5.41, 5.74) is 0.811. The van der Waals surface area contributed by atoms with Gasteiger partial charge in [-0.3, -0.25) is 0 Å². The molecule has 0 spiro atoms. The van der Waals surface area contributed by atoms with E-state index in [2.05, 4.69) is 0 Å². The minimum absolute atomic E-state index is 0.114. The average Bonchev–Trinajstić information content (AvgIpc) is 2.77. The molecule has 0 aromatic rings. The monoisotopic (exact) mass is 320 g/mol. The first-order valence-electron chi connectivity index (χ1n) is 7.11. The first-order valence-corrected chi connectivity index (χ1v) is 7.87. The van der Waals surface area contributed by atoms with Crippen LogP contribution in [0.2, 0.25) is 0 Å². The van der Waals surface area contributed by atoms with Crippen LogP contribution in [0.5, 0.6) is 0 Å². The van der Waals surface area contributed by atoms with E-state index in [1.54, 1.807) is 0 Å². The van der Waals surface area contributed by atoms with Gasteiger partial charge in [0.05, 0.1) is 11.5 Å². The van der Waals surface area contributed by atoms with Crippen LogP contribution in [0.15, 0.2) is 22.8 Å². The third-order valence-electron chi connectivity index (χ3n) is 4.17. The second kappa shape index (κ2) is 5.98. The second-order valence-electron chi connectivity index (χ2n) is 5.56. The van der Waals surface area contributed by atoms with Crippen LogP contribution in [0, 0.1) is 0 Å². The van der Waals surface area contributed by atoms with E-state index in [0.717, 1.165) is 18.4 Å². The van der Waals surface area contributed by atoms with Gasteiger partial charge in [0.2, 0.25) is 0 Å². The van der Waals surface area contributed by atoms with Gasteiger partial charge in [0, 0.05) is 10.6 Å². The first-order chi connectivity index (χ1) is 9.39. The Morgan fingerprint density at radius 1 is 1.35 bits per heavy atom. The number of aliphatic hydroxyl groups excluding tert-OH is 1. The van der Waals surface area contributed by atoms with Gasteiger partial charge in [-0.25, -0.2) is 0 Å². The molecule has 3 atom stereocenters. The number of allylic oxidation sites excluding steroid dienone is 3. The average molecular weight is 321 g/mol. The van der Waals surface area contributed by atoms with Crippen molar-refractivity contribution in [2.75, 3.05) is 6.61 Å². The van der Waals surface area contributed by atoms with Crippen molar-refractivity contribution in [2.24, 2.45) is 0 Å². The molecule has 5 heteroatoms. The quantitative estimate of drug-likeness (QED) is 0.802. The van der Waals surface area contributed by atoms with E-state index in [0.29, 0.717) is 11.5 Å². The zero-order chi connectivity index (χ0) is 15.0. The smallest absolute Gasteiger partial charge is 0.169 e. The summed E-state index contributed by atoms with van der Waals surface area (Å²) in [5, 5.41) is 10.2. The fourth-order valence-electron chi connectivity index (χ4n) is 2.90. The molecule has 0 radical (unpaired) electrons. The van der Waals surface area contributed by atoms with Crippen LogP contribution in [-0.2, 0) is 9.47 Å². The van der Waals surface area contributed by atoms with Gasteiger partial charge >= 0.3 is 0 Å². The number of halogens is 2. The highest BCUT2D eigenvalue weighted by atomic mass is 35.5.